The second-order valence-electron chi connectivity index (χ2n) is 7.10. The summed E-state index contributed by atoms with van der Waals surface area (Å²) in [6.07, 6.45) is -0.281. The molecule has 160 valence electrons. The molecule has 4 rings (SSSR count). The molecule has 0 spiro atoms. The standard InChI is InChI=1S/C24H19N3O4S/c25-14-18-7-8-19(30-15-16-6-9-20-21(12-16)27-32-26-20)13-23(18)31-22(10-11-24(28)29)17-4-2-1-3-5-17/h1-9,12-13,22H,10-11,15H2,(H,28,29). The minimum Gasteiger partial charge on any atom is -0.489 e. The minimum atomic E-state index is -0.903. The first kappa shape index (κ1) is 21.3. The van der Waals surface area contributed by atoms with E-state index in [0.717, 1.165) is 22.2 Å². The van der Waals surface area contributed by atoms with Crippen LogP contribution in [0, 0.1) is 11.3 Å². The zero-order chi connectivity index (χ0) is 22.3. The van der Waals surface area contributed by atoms with E-state index in [1.807, 2.05) is 48.5 Å². The predicted molar refractivity (Wildman–Crippen MR) is 120 cm³/mol. The third-order valence-electron chi connectivity index (χ3n) is 4.86. The third kappa shape index (κ3) is 5.20. The molecule has 7 nitrogen and oxygen atoms in total. The molecule has 0 bridgehead atoms. The van der Waals surface area contributed by atoms with Crippen LogP contribution in [0.25, 0.3) is 11.0 Å². The van der Waals surface area contributed by atoms with Gasteiger partial charge >= 0.3 is 5.97 Å². The highest BCUT2D eigenvalue weighted by Crippen LogP contribution is 2.31. The number of hydrogen-bond donors (Lipinski definition) is 1. The maximum Gasteiger partial charge on any atom is 0.303 e. The van der Waals surface area contributed by atoms with Gasteiger partial charge in [-0.05, 0) is 41.8 Å². The van der Waals surface area contributed by atoms with Gasteiger partial charge in [0.15, 0.2) is 0 Å². The smallest absolute Gasteiger partial charge is 0.303 e. The molecule has 1 unspecified atom stereocenters. The van der Waals surface area contributed by atoms with E-state index in [4.69, 9.17) is 14.6 Å². The van der Waals surface area contributed by atoms with Crippen molar-refractivity contribution in [3.05, 3.63) is 83.4 Å². The van der Waals surface area contributed by atoms with Crippen LogP contribution in [-0.2, 0) is 11.4 Å². The summed E-state index contributed by atoms with van der Waals surface area (Å²) in [4.78, 5) is 11.1. The van der Waals surface area contributed by atoms with Crippen molar-refractivity contribution in [2.75, 3.05) is 0 Å². The molecule has 0 saturated carbocycles. The number of hydrogen-bond acceptors (Lipinski definition) is 7. The Kier molecular flexibility index (Phi) is 6.58. The van der Waals surface area contributed by atoms with E-state index in [1.165, 1.54) is 11.7 Å². The van der Waals surface area contributed by atoms with Crippen LogP contribution in [0.5, 0.6) is 11.5 Å². The van der Waals surface area contributed by atoms with Crippen molar-refractivity contribution >= 4 is 28.7 Å². The number of aromatic nitrogens is 2. The van der Waals surface area contributed by atoms with E-state index in [1.54, 1.807) is 18.2 Å². The Balaban J connectivity index is 1.53. The van der Waals surface area contributed by atoms with E-state index in [-0.39, 0.29) is 12.8 Å². The van der Waals surface area contributed by atoms with Gasteiger partial charge in [0.05, 0.1) is 17.3 Å². The Morgan fingerprint density at radius 3 is 2.66 bits per heavy atom. The van der Waals surface area contributed by atoms with Gasteiger partial charge in [-0.15, -0.1) is 0 Å². The van der Waals surface area contributed by atoms with Gasteiger partial charge in [0.1, 0.15) is 41.3 Å². The van der Waals surface area contributed by atoms with Crippen molar-refractivity contribution in [2.24, 2.45) is 0 Å². The number of carbonyl (C=O) groups is 1. The van der Waals surface area contributed by atoms with Gasteiger partial charge in [-0.25, -0.2) is 0 Å². The summed E-state index contributed by atoms with van der Waals surface area (Å²) in [5, 5.41) is 18.6. The fourth-order valence-electron chi connectivity index (χ4n) is 3.24. The van der Waals surface area contributed by atoms with E-state index in [2.05, 4.69) is 14.8 Å². The van der Waals surface area contributed by atoms with Crippen LogP contribution in [0.3, 0.4) is 0 Å². The molecule has 0 aliphatic rings. The summed E-state index contributed by atoms with van der Waals surface area (Å²) in [6, 6.07) is 22.3. The van der Waals surface area contributed by atoms with Gasteiger partial charge in [-0.3, -0.25) is 4.79 Å². The fraction of sp³-hybridized carbons (Fsp3) is 0.167. The summed E-state index contributed by atoms with van der Waals surface area (Å²) in [7, 11) is 0. The van der Waals surface area contributed by atoms with Crippen LogP contribution >= 0.6 is 11.7 Å². The quantitative estimate of drug-likeness (QED) is 0.381. The van der Waals surface area contributed by atoms with Gasteiger partial charge in [0, 0.05) is 12.5 Å². The van der Waals surface area contributed by atoms with Gasteiger partial charge in [-0.2, -0.15) is 14.0 Å². The summed E-state index contributed by atoms with van der Waals surface area (Å²) in [5.74, 6) is -0.0108. The highest BCUT2D eigenvalue weighted by Gasteiger charge is 2.18. The molecule has 0 aliphatic carbocycles. The van der Waals surface area contributed by atoms with Gasteiger partial charge in [-0.1, -0.05) is 36.4 Å². The lowest BCUT2D eigenvalue weighted by Crippen LogP contribution is -2.11. The molecular formula is C24H19N3O4S. The molecule has 0 amide bonds. The highest BCUT2D eigenvalue weighted by atomic mass is 32.1. The molecule has 32 heavy (non-hydrogen) atoms. The molecule has 8 heteroatoms. The molecule has 0 fully saturated rings. The summed E-state index contributed by atoms with van der Waals surface area (Å²) >= 11 is 1.17. The summed E-state index contributed by atoms with van der Waals surface area (Å²) in [5.41, 5.74) is 3.81. The number of nitrogens with zero attached hydrogens (tertiary/aromatic N) is 3. The molecule has 1 atom stereocenters. The number of carboxylic acid groups (broad SMARTS) is 1. The maximum absolute atomic E-state index is 11.1. The van der Waals surface area contributed by atoms with Crippen molar-refractivity contribution < 1.29 is 19.4 Å². The van der Waals surface area contributed by atoms with Crippen LogP contribution in [0.2, 0.25) is 0 Å². The Morgan fingerprint density at radius 1 is 1.06 bits per heavy atom. The number of nitriles is 1. The molecule has 1 aromatic heterocycles. The third-order valence-corrected chi connectivity index (χ3v) is 5.41. The zero-order valence-electron chi connectivity index (χ0n) is 17.0. The summed E-state index contributed by atoms with van der Waals surface area (Å²) < 4.78 is 20.5. The number of benzene rings is 3. The van der Waals surface area contributed by atoms with E-state index >= 15 is 0 Å². The first-order valence-corrected chi connectivity index (χ1v) is 10.7. The number of ether oxygens (including phenoxy) is 2. The highest BCUT2D eigenvalue weighted by molar-refractivity contribution is 7.00. The lowest BCUT2D eigenvalue weighted by Gasteiger charge is -2.20. The average Bonchev–Trinajstić information content (AvgIpc) is 3.29. The number of rotatable bonds is 9. The Bertz CT molecular complexity index is 1270. The molecule has 0 saturated heterocycles. The average molecular weight is 446 g/mol. The van der Waals surface area contributed by atoms with Crippen LogP contribution in [0.15, 0.2) is 66.7 Å². The molecule has 1 heterocycles. The number of aliphatic carboxylic acids is 1. The maximum atomic E-state index is 11.1. The number of fused-ring (bicyclic) bond motifs is 1. The largest absolute Gasteiger partial charge is 0.489 e. The van der Waals surface area contributed by atoms with E-state index in [9.17, 15) is 10.1 Å². The lowest BCUT2D eigenvalue weighted by atomic mass is 10.0. The van der Waals surface area contributed by atoms with Crippen molar-refractivity contribution in [1.82, 2.24) is 8.75 Å². The second kappa shape index (κ2) is 9.90. The predicted octanol–water partition coefficient (Wildman–Crippen LogP) is 5.13. The topological polar surface area (TPSA) is 105 Å². The first-order chi connectivity index (χ1) is 15.6. The molecule has 0 radical (unpaired) electrons. The SMILES string of the molecule is N#Cc1ccc(OCc2ccc3nsnc3c2)cc1OC(CCC(=O)O)c1ccccc1. The van der Waals surface area contributed by atoms with Crippen LogP contribution in [0.1, 0.15) is 35.6 Å². The van der Waals surface area contributed by atoms with Crippen molar-refractivity contribution in [3.8, 4) is 17.6 Å². The number of carboxylic acids is 1. The summed E-state index contributed by atoms with van der Waals surface area (Å²) in [6.45, 7) is 0.319. The van der Waals surface area contributed by atoms with Gasteiger partial charge in [0.2, 0.25) is 0 Å². The van der Waals surface area contributed by atoms with Gasteiger partial charge < -0.3 is 14.6 Å². The molecule has 0 aliphatic heterocycles. The normalized spacial score (nSPS) is 11.6. The van der Waals surface area contributed by atoms with E-state index in [0.29, 0.717) is 23.7 Å². The van der Waals surface area contributed by atoms with Crippen molar-refractivity contribution in [3.63, 3.8) is 0 Å². The van der Waals surface area contributed by atoms with Gasteiger partial charge in [0.25, 0.3) is 0 Å². The van der Waals surface area contributed by atoms with Crippen LogP contribution < -0.4 is 9.47 Å². The molecule has 1 N–H and O–H groups in total. The first-order valence-electron chi connectivity index (χ1n) is 9.94. The Labute approximate surface area is 188 Å². The molecule has 4 aromatic rings. The Morgan fingerprint density at radius 2 is 1.88 bits per heavy atom. The lowest BCUT2D eigenvalue weighted by molar-refractivity contribution is -0.137. The van der Waals surface area contributed by atoms with Crippen molar-refractivity contribution in [2.45, 2.75) is 25.6 Å². The van der Waals surface area contributed by atoms with Crippen LogP contribution in [-0.4, -0.2) is 19.8 Å². The Hall–Kier alpha value is -3.96. The monoisotopic (exact) mass is 445 g/mol. The van der Waals surface area contributed by atoms with Crippen LogP contribution in [0.4, 0.5) is 0 Å². The van der Waals surface area contributed by atoms with Crippen molar-refractivity contribution in [1.29, 1.82) is 5.26 Å². The molecule has 3 aromatic carbocycles. The second-order valence-corrected chi connectivity index (χ2v) is 7.62. The van der Waals surface area contributed by atoms with E-state index < -0.39 is 12.1 Å². The minimum absolute atomic E-state index is 0.0500. The molecular weight excluding hydrogens is 426 g/mol. The fourth-order valence-corrected chi connectivity index (χ4v) is 3.75. The zero-order valence-corrected chi connectivity index (χ0v) is 17.8.